The first kappa shape index (κ1) is 22.8. The Balaban J connectivity index is 1.98. The summed E-state index contributed by atoms with van der Waals surface area (Å²) in [5.41, 5.74) is 9.28. The van der Waals surface area contributed by atoms with Crippen LogP contribution in [0.2, 0.25) is 0 Å². The van der Waals surface area contributed by atoms with Gasteiger partial charge in [0, 0.05) is 30.1 Å². The van der Waals surface area contributed by atoms with Gasteiger partial charge in [-0.05, 0) is 63.4 Å². The van der Waals surface area contributed by atoms with Gasteiger partial charge in [0.2, 0.25) is 10.0 Å². The molecule has 2 heterocycles. The highest BCUT2D eigenvalue weighted by atomic mass is 32.2. The SMILES string of the molecule is Cc1cncc(-c2nc(-c3cc(S(=O)(=O)NCCC(C)(C)O)ccc3C)cnc2N)c1. The molecular formula is C22H27N5O3S. The van der Waals surface area contributed by atoms with E-state index in [0.717, 1.165) is 16.7 Å². The maximum atomic E-state index is 12.7. The summed E-state index contributed by atoms with van der Waals surface area (Å²) in [5.74, 6) is 0.269. The third-order valence-corrected chi connectivity index (χ3v) is 6.23. The fourth-order valence-electron chi connectivity index (χ4n) is 3.04. The molecule has 0 spiro atoms. The number of anilines is 1. The lowest BCUT2D eigenvalue weighted by atomic mass is 10.1. The Morgan fingerprint density at radius 2 is 1.87 bits per heavy atom. The molecule has 0 radical (unpaired) electrons. The van der Waals surface area contributed by atoms with Crippen molar-refractivity contribution in [2.75, 3.05) is 12.3 Å². The van der Waals surface area contributed by atoms with Crippen LogP contribution in [0.4, 0.5) is 5.82 Å². The average molecular weight is 442 g/mol. The van der Waals surface area contributed by atoms with Gasteiger partial charge in [0.25, 0.3) is 0 Å². The number of nitrogen functional groups attached to an aromatic ring is 1. The summed E-state index contributed by atoms with van der Waals surface area (Å²) in [4.78, 5) is 13.2. The Hall–Kier alpha value is -2.88. The molecule has 31 heavy (non-hydrogen) atoms. The van der Waals surface area contributed by atoms with Gasteiger partial charge in [-0.3, -0.25) is 4.98 Å². The number of benzene rings is 1. The first-order valence-electron chi connectivity index (χ1n) is 9.84. The van der Waals surface area contributed by atoms with Crippen LogP contribution in [0, 0.1) is 13.8 Å². The van der Waals surface area contributed by atoms with Crippen molar-refractivity contribution >= 4 is 15.8 Å². The molecule has 0 bridgehead atoms. The van der Waals surface area contributed by atoms with E-state index in [0.29, 0.717) is 23.4 Å². The maximum absolute atomic E-state index is 12.7. The first-order valence-corrected chi connectivity index (χ1v) is 11.3. The average Bonchev–Trinajstić information content (AvgIpc) is 2.67. The number of aromatic nitrogens is 3. The van der Waals surface area contributed by atoms with E-state index in [1.54, 1.807) is 44.4 Å². The predicted molar refractivity (Wildman–Crippen MR) is 121 cm³/mol. The van der Waals surface area contributed by atoms with Crippen molar-refractivity contribution in [1.29, 1.82) is 0 Å². The summed E-state index contributed by atoms with van der Waals surface area (Å²) in [5, 5.41) is 9.81. The van der Waals surface area contributed by atoms with Crippen LogP contribution in [0.25, 0.3) is 22.5 Å². The fourth-order valence-corrected chi connectivity index (χ4v) is 4.10. The van der Waals surface area contributed by atoms with Crippen molar-refractivity contribution in [1.82, 2.24) is 19.7 Å². The lowest BCUT2D eigenvalue weighted by Crippen LogP contribution is -2.30. The number of pyridine rings is 1. The molecule has 0 fully saturated rings. The van der Waals surface area contributed by atoms with Gasteiger partial charge < -0.3 is 10.8 Å². The molecule has 0 aliphatic heterocycles. The molecule has 0 atom stereocenters. The molecule has 4 N–H and O–H groups in total. The summed E-state index contributed by atoms with van der Waals surface area (Å²) >= 11 is 0. The summed E-state index contributed by atoms with van der Waals surface area (Å²) < 4.78 is 28.0. The Morgan fingerprint density at radius 1 is 1.13 bits per heavy atom. The highest BCUT2D eigenvalue weighted by Gasteiger charge is 2.19. The van der Waals surface area contributed by atoms with Gasteiger partial charge in [-0.15, -0.1) is 0 Å². The van der Waals surface area contributed by atoms with E-state index in [-0.39, 0.29) is 17.3 Å². The second-order valence-electron chi connectivity index (χ2n) is 8.18. The number of hydrogen-bond donors (Lipinski definition) is 3. The molecular weight excluding hydrogens is 414 g/mol. The van der Waals surface area contributed by atoms with Gasteiger partial charge in [-0.1, -0.05) is 6.07 Å². The van der Waals surface area contributed by atoms with Crippen molar-refractivity contribution in [2.24, 2.45) is 0 Å². The van der Waals surface area contributed by atoms with Crippen molar-refractivity contribution < 1.29 is 13.5 Å². The molecule has 0 aliphatic rings. The molecule has 3 rings (SSSR count). The van der Waals surface area contributed by atoms with E-state index >= 15 is 0 Å². The minimum Gasteiger partial charge on any atom is -0.390 e. The van der Waals surface area contributed by atoms with Crippen LogP contribution in [-0.2, 0) is 10.0 Å². The van der Waals surface area contributed by atoms with Crippen molar-refractivity contribution in [3.8, 4) is 22.5 Å². The highest BCUT2D eigenvalue weighted by molar-refractivity contribution is 7.89. The van der Waals surface area contributed by atoms with Crippen LogP contribution in [-0.4, -0.2) is 40.6 Å². The number of aliphatic hydroxyl groups is 1. The van der Waals surface area contributed by atoms with Gasteiger partial charge in [0.05, 0.1) is 22.4 Å². The molecule has 164 valence electrons. The molecule has 0 saturated carbocycles. The van der Waals surface area contributed by atoms with Crippen LogP contribution in [0.3, 0.4) is 0 Å². The van der Waals surface area contributed by atoms with E-state index in [4.69, 9.17) is 5.73 Å². The Morgan fingerprint density at radius 3 is 2.55 bits per heavy atom. The fraction of sp³-hybridized carbons (Fsp3) is 0.318. The molecule has 3 aromatic rings. The van der Waals surface area contributed by atoms with Gasteiger partial charge in [0.1, 0.15) is 11.5 Å². The van der Waals surface area contributed by atoms with Crippen LogP contribution in [0.5, 0.6) is 0 Å². The minimum atomic E-state index is -3.75. The van der Waals surface area contributed by atoms with Crippen molar-refractivity contribution in [3.05, 3.63) is 54.0 Å². The number of hydrogen-bond acceptors (Lipinski definition) is 7. The third-order valence-electron chi connectivity index (χ3n) is 4.77. The Bertz CT molecular complexity index is 1200. The van der Waals surface area contributed by atoms with Crippen LogP contribution in [0.1, 0.15) is 31.4 Å². The predicted octanol–water partition coefficient (Wildman–Crippen LogP) is 2.84. The van der Waals surface area contributed by atoms with Crippen LogP contribution < -0.4 is 10.5 Å². The molecule has 8 nitrogen and oxygen atoms in total. The van der Waals surface area contributed by atoms with E-state index in [2.05, 4.69) is 19.7 Å². The summed E-state index contributed by atoms with van der Waals surface area (Å²) in [7, 11) is -3.75. The van der Waals surface area contributed by atoms with Crippen molar-refractivity contribution in [2.45, 2.75) is 44.6 Å². The molecule has 0 aliphatic carbocycles. The van der Waals surface area contributed by atoms with E-state index in [9.17, 15) is 13.5 Å². The quantitative estimate of drug-likeness (QED) is 0.514. The minimum absolute atomic E-state index is 0.112. The lowest BCUT2D eigenvalue weighted by Gasteiger charge is -2.17. The second-order valence-corrected chi connectivity index (χ2v) is 9.94. The topological polar surface area (TPSA) is 131 Å². The van der Waals surface area contributed by atoms with Gasteiger partial charge >= 0.3 is 0 Å². The molecule has 0 unspecified atom stereocenters. The first-order chi connectivity index (χ1) is 14.5. The number of nitrogens with two attached hydrogens (primary N) is 1. The summed E-state index contributed by atoms with van der Waals surface area (Å²) in [6, 6.07) is 6.75. The maximum Gasteiger partial charge on any atom is 0.240 e. The Kier molecular flexibility index (Phi) is 6.40. The highest BCUT2D eigenvalue weighted by Crippen LogP contribution is 2.29. The van der Waals surface area contributed by atoms with E-state index in [1.807, 2.05) is 19.9 Å². The van der Waals surface area contributed by atoms with Crippen molar-refractivity contribution in [3.63, 3.8) is 0 Å². The van der Waals surface area contributed by atoms with Gasteiger partial charge in [-0.25, -0.2) is 23.1 Å². The smallest absolute Gasteiger partial charge is 0.240 e. The number of sulfonamides is 1. The van der Waals surface area contributed by atoms with E-state index in [1.165, 1.54) is 6.20 Å². The molecule has 0 amide bonds. The zero-order valence-corrected chi connectivity index (χ0v) is 18.9. The zero-order chi connectivity index (χ0) is 22.8. The number of aryl methyl sites for hydroxylation is 2. The monoisotopic (exact) mass is 441 g/mol. The van der Waals surface area contributed by atoms with Gasteiger partial charge in [0.15, 0.2) is 0 Å². The molecule has 9 heteroatoms. The summed E-state index contributed by atoms with van der Waals surface area (Å²) in [6.07, 6.45) is 5.22. The number of nitrogens with one attached hydrogen (secondary N) is 1. The molecule has 2 aromatic heterocycles. The van der Waals surface area contributed by atoms with Crippen LogP contribution >= 0.6 is 0 Å². The molecule has 1 aromatic carbocycles. The van der Waals surface area contributed by atoms with E-state index < -0.39 is 15.6 Å². The molecule has 0 saturated heterocycles. The standard InChI is InChI=1S/C22H27N5O3S/c1-14-9-16(12-24-11-14)20-21(23)25-13-19(27-20)18-10-17(6-5-15(18)2)31(29,30)26-8-7-22(3,4)28/h5-6,9-13,26,28H,7-8H2,1-4H3,(H2,23,25). The Labute approximate surface area is 182 Å². The number of nitrogens with zero attached hydrogens (tertiary/aromatic N) is 3. The van der Waals surface area contributed by atoms with Crippen LogP contribution in [0.15, 0.2) is 47.8 Å². The lowest BCUT2D eigenvalue weighted by molar-refractivity contribution is 0.0728. The largest absolute Gasteiger partial charge is 0.390 e. The third kappa shape index (κ3) is 5.63. The summed E-state index contributed by atoms with van der Waals surface area (Å²) in [6.45, 7) is 7.19. The normalized spacial score (nSPS) is 12.2. The number of rotatable bonds is 7. The second kappa shape index (κ2) is 8.70. The zero-order valence-electron chi connectivity index (χ0n) is 18.0. The van der Waals surface area contributed by atoms with Gasteiger partial charge in [-0.2, -0.15) is 0 Å².